The Labute approximate surface area is 204 Å². The molecule has 1 aromatic heterocycles. The van der Waals surface area contributed by atoms with E-state index < -0.39 is 33.9 Å². The summed E-state index contributed by atoms with van der Waals surface area (Å²) in [5.41, 5.74) is 2.83. The Balaban J connectivity index is 1.40. The quantitative estimate of drug-likeness (QED) is 0.456. The van der Waals surface area contributed by atoms with Crippen molar-refractivity contribution >= 4 is 21.7 Å². The molecule has 184 valence electrons. The number of sulfone groups is 1. The van der Waals surface area contributed by atoms with Crippen LogP contribution in [0.1, 0.15) is 36.2 Å². The Morgan fingerprint density at radius 1 is 1.06 bits per heavy atom. The molecule has 1 fully saturated rings. The molecule has 1 saturated heterocycles. The Kier molecular flexibility index (Phi) is 7.02. The van der Waals surface area contributed by atoms with Crippen molar-refractivity contribution in [2.45, 2.75) is 39.3 Å². The standard InChI is InChI=1S/C25H27N3O6S/c1-4-28(21-13-14-35(31,32)15-21)24(29)17(3)33-25(30)20-11-9-19(10-12-20)23-27-26-22(34-23)18-7-5-16(2)6-8-18/h5-12,17,21H,4,13-15H2,1-3H3/t17-,21+/m1/s1. The normalized spacial score (nSPS) is 17.6. The third-order valence-electron chi connectivity index (χ3n) is 6.00. The monoisotopic (exact) mass is 497 g/mol. The van der Waals surface area contributed by atoms with Gasteiger partial charge in [-0.05, 0) is 63.6 Å². The fourth-order valence-corrected chi connectivity index (χ4v) is 5.76. The van der Waals surface area contributed by atoms with Crippen molar-refractivity contribution in [3.05, 3.63) is 59.7 Å². The van der Waals surface area contributed by atoms with E-state index in [1.807, 2.05) is 31.2 Å². The average Bonchev–Trinajstić information content (AvgIpc) is 3.47. The van der Waals surface area contributed by atoms with Crippen molar-refractivity contribution in [1.82, 2.24) is 15.1 Å². The summed E-state index contributed by atoms with van der Waals surface area (Å²) < 4.78 is 34.7. The molecule has 1 aliphatic heterocycles. The number of aromatic nitrogens is 2. The van der Waals surface area contributed by atoms with Gasteiger partial charge in [-0.2, -0.15) is 0 Å². The predicted molar refractivity (Wildman–Crippen MR) is 129 cm³/mol. The second-order valence-electron chi connectivity index (χ2n) is 8.58. The lowest BCUT2D eigenvalue weighted by Gasteiger charge is -2.29. The molecule has 0 saturated carbocycles. The molecule has 10 heteroatoms. The van der Waals surface area contributed by atoms with E-state index in [0.717, 1.165) is 11.1 Å². The molecule has 0 N–H and O–H groups in total. The molecule has 2 heterocycles. The molecule has 1 amide bonds. The van der Waals surface area contributed by atoms with E-state index in [2.05, 4.69) is 10.2 Å². The minimum atomic E-state index is -3.14. The van der Waals surface area contributed by atoms with Crippen LogP contribution in [0.5, 0.6) is 0 Å². The van der Waals surface area contributed by atoms with Crippen molar-refractivity contribution in [3.8, 4) is 22.9 Å². The Bertz CT molecular complexity index is 1320. The number of carbonyl (C=O) groups is 2. The van der Waals surface area contributed by atoms with Crippen molar-refractivity contribution in [3.63, 3.8) is 0 Å². The topological polar surface area (TPSA) is 120 Å². The molecule has 0 spiro atoms. The van der Waals surface area contributed by atoms with Gasteiger partial charge in [0.1, 0.15) is 0 Å². The van der Waals surface area contributed by atoms with Gasteiger partial charge in [-0.1, -0.05) is 17.7 Å². The number of amides is 1. The molecule has 2 aromatic carbocycles. The van der Waals surface area contributed by atoms with Gasteiger partial charge in [0, 0.05) is 23.7 Å². The number of carbonyl (C=O) groups excluding carboxylic acids is 2. The number of esters is 1. The van der Waals surface area contributed by atoms with Crippen LogP contribution in [0.2, 0.25) is 0 Å². The maximum absolute atomic E-state index is 12.8. The molecule has 2 atom stereocenters. The molecule has 0 unspecified atom stereocenters. The lowest BCUT2D eigenvalue weighted by molar-refractivity contribution is -0.141. The van der Waals surface area contributed by atoms with Gasteiger partial charge in [0.05, 0.1) is 17.1 Å². The Hall–Kier alpha value is -3.53. The highest BCUT2D eigenvalue weighted by Gasteiger charge is 2.36. The number of nitrogens with zero attached hydrogens (tertiary/aromatic N) is 3. The van der Waals surface area contributed by atoms with Gasteiger partial charge in [0.25, 0.3) is 5.91 Å². The van der Waals surface area contributed by atoms with Crippen LogP contribution in [-0.2, 0) is 19.4 Å². The van der Waals surface area contributed by atoms with Gasteiger partial charge in [0.15, 0.2) is 15.9 Å². The van der Waals surface area contributed by atoms with E-state index in [4.69, 9.17) is 9.15 Å². The zero-order valence-electron chi connectivity index (χ0n) is 19.8. The summed E-state index contributed by atoms with van der Waals surface area (Å²) in [6.07, 6.45) is -0.649. The number of hydrogen-bond donors (Lipinski definition) is 0. The molecular weight excluding hydrogens is 470 g/mol. The van der Waals surface area contributed by atoms with Crippen molar-refractivity contribution < 1.29 is 27.2 Å². The van der Waals surface area contributed by atoms with Gasteiger partial charge in [-0.15, -0.1) is 10.2 Å². The zero-order valence-corrected chi connectivity index (χ0v) is 20.6. The first kappa shape index (κ1) is 24.6. The lowest BCUT2D eigenvalue weighted by atomic mass is 10.1. The molecule has 35 heavy (non-hydrogen) atoms. The van der Waals surface area contributed by atoms with Crippen molar-refractivity contribution in [2.75, 3.05) is 18.1 Å². The van der Waals surface area contributed by atoms with Crippen molar-refractivity contribution in [2.24, 2.45) is 0 Å². The summed E-state index contributed by atoms with van der Waals surface area (Å²) in [7, 11) is -3.14. The van der Waals surface area contributed by atoms with Crippen LogP contribution in [-0.4, -0.2) is 65.6 Å². The molecule has 1 aliphatic rings. The highest BCUT2D eigenvalue weighted by atomic mass is 32.2. The second kappa shape index (κ2) is 9.99. The van der Waals surface area contributed by atoms with Gasteiger partial charge < -0.3 is 14.1 Å². The van der Waals surface area contributed by atoms with Gasteiger partial charge in [0.2, 0.25) is 11.8 Å². The van der Waals surface area contributed by atoms with E-state index in [0.29, 0.717) is 30.3 Å². The van der Waals surface area contributed by atoms with Gasteiger partial charge in [-0.25, -0.2) is 13.2 Å². The van der Waals surface area contributed by atoms with Crippen LogP contribution in [0, 0.1) is 6.92 Å². The van der Waals surface area contributed by atoms with Gasteiger partial charge in [-0.3, -0.25) is 4.79 Å². The lowest BCUT2D eigenvalue weighted by Crippen LogP contribution is -2.46. The predicted octanol–water partition coefficient (Wildman–Crippen LogP) is 3.29. The fourth-order valence-electron chi connectivity index (χ4n) is 4.03. The molecule has 0 aliphatic carbocycles. The van der Waals surface area contributed by atoms with E-state index in [-0.39, 0.29) is 17.1 Å². The third kappa shape index (κ3) is 5.59. The number of ether oxygens (including phenoxy) is 1. The van der Waals surface area contributed by atoms with E-state index in [1.165, 1.54) is 11.8 Å². The number of rotatable bonds is 7. The van der Waals surface area contributed by atoms with Crippen LogP contribution in [0.4, 0.5) is 0 Å². The maximum Gasteiger partial charge on any atom is 0.338 e. The van der Waals surface area contributed by atoms with E-state index in [9.17, 15) is 18.0 Å². The zero-order chi connectivity index (χ0) is 25.2. The summed E-state index contributed by atoms with van der Waals surface area (Å²) >= 11 is 0. The minimum absolute atomic E-state index is 0.0595. The summed E-state index contributed by atoms with van der Waals surface area (Å²) in [6.45, 7) is 5.60. The molecule has 0 bridgehead atoms. The minimum Gasteiger partial charge on any atom is -0.449 e. The summed E-state index contributed by atoms with van der Waals surface area (Å²) in [6, 6.07) is 13.8. The largest absolute Gasteiger partial charge is 0.449 e. The number of hydrogen-bond acceptors (Lipinski definition) is 8. The first-order valence-electron chi connectivity index (χ1n) is 11.4. The summed E-state index contributed by atoms with van der Waals surface area (Å²) in [5.74, 6) is -0.349. The van der Waals surface area contributed by atoms with Crippen LogP contribution in [0.25, 0.3) is 22.9 Å². The van der Waals surface area contributed by atoms with Crippen LogP contribution in [0.15, 0.2) is 52.9 Å². The van der Waals surface area contributed by atoms with Gasteiger partial charge >= 0.3 is 5.97 Å². The maximum atomic E-state index is 12.8. The van der Waals surface area contributed by atoms with E-state index in [1.54, 1.807) is 31.2 Å². The van der Waals surface area contributed by atoms with Crippen LogP contribution in [0.3, 0.4) is 0 Å². The Morgan fingerprint density at radius 2 is 1.63 bits per heavy atom. The highest BCUT2D eigenvalue weighted by molar-refractivity contribution is 7.91. The molecule has 3 aromatic rings. The van der Waals surface area contributed by atoms with Crippen LogP contribution >= 0.6 is 0 Å². The summed E-state index contributed by atoms with van der Waals surface area (Å²) in [5, 5.41) is 8.17. The molecule has 4 rings (SSSR count). The molecule has 0 radical (unpaired) electrons. The summed E-state index contributed by atoms with van der Waals surface area (Å²) in [4.78, 5) is 26.9. The first-order chi connectivity index (χ1) is 16.7. The SMILES string of the molecule is CCN(C(=O)[C@@H](C)OC(=O)c1ccc(-c2nnc(-c3ccc(C)cc3)o2)cc1)[C@H]1CCS(=O)(=O)C1. The van der Waals surface area contributed by atoms with Crippen molar-refractivity contribution in [1.29, 1.82) is 0 Å². The first-order valence-corrected chi connectivity index (χ1v) is 13.2. The number of benzene rings is 2. The molecule has 9 nitrogen and oxygen atoms in total. The fraction of sp³-hybridized carbons (Fsp3) is 0.360. The Morgan fingerprint density at radius 3 is 2.14 bits per heavy atom. The van der Waals surface area contributed by atoms with Crippen LogP contribution < -0.4 is 0 Å². The highest BCUT2D eigenvalue weighted by Crippen LogP contribution is 2.25. The average molecular weight is 498 g/mol. The number of aryl methyl sites for hydroxylation is 1. The molecular formula is C25H27N3O6S. The number of likely N-dealkylation sites (N-methyl/N-ethyl adjacent to an activating group) is 1. The smallest absolute Gasteiger partial charge is 0.338 e. The van der Waals surface area contributed by atoms with E-state index >= 15 is 0 Å². The third-order valence-corrected chi connectivity index (χ3v) is 7.75. The second-order valence-corrected chi connectivity index (χ2v) is 10.8.